The third-order valence-corrected chi connectivity index (χ3v) is 3.68. The van der Waals surface area contributed by atoms with Gasteiger partial charge in [0.15, 0.2) is 0 Å². The molecule has 0 bridgehead atoms. The minimum Gasteiger partial charge on any atom is -0.327 e. The highest BCUT2D eigenvalue weighted by atomic mass is 19.1. The van der Waals surface area contributed by atoms with Crippen LogP contribution in [0.4, 0.5) is 4.39 Å². The Bertz CT molecular complexity index is 364. The van der Waals surface area contributed by atoms with E-state index in [0.717, 1.165) is 25.1 Å². The van der Waals surface area contributed by atoms with Crippen molar-refractivity contribution in [3.05, 3.63) is 29.8 Å². The van der Waals surface area contributed by atoms with E-state index in [9.17, 15) is 4.39 Å². The molecule has 0 aliphatic rings. The zero-order valence-corrected chi connectivity index (χ0v) is 12.4. The molecule has 0 radical (unpaired) electrons. The highest BCUT2D eigenvalue weighted by Gasteiger charge is 2.17. The van der Waals surface area contributed by atoms with Gasteiger partial charge < -0.3 is 5.73 Å². The molecule has 1 rings (SSSR count). The lowest BCUT2D eigenvalue weighted by Gasteiger charge is -2.28. The van der Waals surface area contributed by atoms with Crippen LogP contribution in [-0.4, -0.2) is 29.5 Å². The first-order valence-corrected chi connectivity index (χ1v) is 7.03. The number of nitrogens with two attached hydrogens (primary N) is 1. The predicted octanol–water partition coefficient (Wildman–Crippen LogP) is 2.98. The lowest BCUT2D eigenvalue weighted by atomic mass is 10.0. The predicted molar refractivity (Wildman–Crippen MR) is 77.3 cm³/mol. The van der Waals surface area contributed by atoms with Crippen LogP contribution in [-0.2, 0) is 0 Å². The molecule has 4 heteroatoms. The van der Waals surface area contributed by atoms with E-state index in [2.05, 4.69) is 37.7 Å². The molecular weight excluding hydrogens is 241 g/mol. The van der Waals surface area contributed by atoms with Crippen molar-refractivity contribution in [3.63, 3.8) is 0 Å². The van der Waals surface area contributed by atoms with E-state index in [1.54, 1.807) is 6.07 Å². The molecule has 1 aromatic rings. The summed E-state index contributed by atoms with van der Waals surface area (Å²) in [6, 6.07) is 3.68. The molecule has 0 saturated heterocycles. The second-order valence-electron chi connectivity index (χ2n) is 5.50. The van der Waals surface area contributed by atoms with E-state index < -0.39 is 0 Å². The zero-order valence-electron chi connectivity index (χ0n) is 12.4. The maximum absolute atomic E-state index is 12.9. The maximum atomic E-state index is 12.9. The molecule has 0 aliphatic heterocycles. The third-order valence-electron chi connectivity index (χ3n) is 3.68. The molecule has 0 aromatic carbocycles. The molecule has 2 unspecified atom stereocenters. The quantitative estimate of drug-likeness (QED) is 0.826. The topological polar surface area (TPSA) is 42.2 Å². The lowest BCUT2D eigenvalue weighted by Crippen LogP contribution is -2.33. The van der Waals surface area contributed by atoms with Crippen molar-refractivity contribution in [3.8, 4) is 0 Å². The Labute approximate surface area is 116 Å². The summed E-state index contributed by atoms with van der Waals surface area (Å²) < 4.78 is 12.9. The Kier molecular flexibility index (Phi) is 6.38. The molecule has 0 fully saturated rings. The number of pyridine rings is 1. The standard InChI is InChI=1S/C15H26FN3/c1-5-15(14-7-6-12(16)10-18-14)19(4)9-8-13(17)11(2)3/h6-7,10-11,13,15H,5,8-9,17H2,1-4H3. The van der Waals surface area contributed by atoms with Crippen molar-refractivity contribution in [2.24, 2.45) is 11.7 Å². The summed E-state index contributed by atoms with van der Waals surface area (Å²) in [7, 11) is 2.08. The summed E-state index contributed by atoms with van der Waals surface area (Å²) in [6.07, 6.45) is 3.20. The number of hydrogen-bond donors (Lipinski definition) is 1. The maximum Gasteiger partial charge on any atom is 0.141 e. The third kappa shape index (κ3) is 4.88. The summed E-state index contributed by atoms with van der Waals surface area (Å²) in [6.45, 7) is 7.33. The summed E-state index contributed by atoms with van der Waals surface area (Å²) in [5, 5.41) is 0. The van der Waals surface area contributed by atoms with Gasteiger partial charge in [0.2, 0.25) is 0 Å². The van der Waals surface area contributed by atoms with Crippen molar-refractivity contribution in [1.82, 2.24) is 9.88 Å². The number of rotatable bonds is 7. The lowest BCUT2D eigenvalue weighted by molar-refractivity contribution is 0.220. The van der Waals surface area contributed by atoms with Crippen LogP contribution in [0.5, 0.6) is 0 Å². The minimum atomic E-state index is -0.289. The number of hydrogen-bond acceptors (Lipinski definition) is 3. The molecule has 0 amide bonds. The summed E-state index contributed by atoms with van der Waals surface area (Å²) >= 11 is 0. The monoisotopic (exact) mass is 267 g/mol. The molecule has 3 nitrogen and oxygen atoms in total. The zero-order chi connectivity index (χ0) is 14.4. The fraction of sp³-hybridized carbons (Fsp3) is 0.667. The molecule has 1 heterocycles. The van der Waals surface area contributed by atoms with E-state index in [0.29, 0.717) is 5.92 Å². The van der Waals surface area contributed by atoms with Crippen LogP contribution in [0.25, 0.3) is 0 Å². The van der Waals surface area contributed by atoms with Crippen LogP contribution >= 0.6 is 0 Å². The Hall–Kier alpha value is -1.00. The Morgan fingerprint density at radius 3 is 2.53 bits per heavy atom. The van der Waals surface area contributed by atoms with Gasteiger partial charge in [-0.25, -0.2) is 4.39 Å². The SMILES string of the molecule is CCC(c1ccc(F)cn1)N(C)CCC(N)C(C)C. The molecule has 108 valence electrons. The van der Waals surface area contributed by atoms with Gasteiger partial charge in [-0.15, -0.1) is 0 Å². The average molecular weight is 267 g/mol. The molecular formula is C15H26FN3. The van der Waals surface area contributed by atoms with Crippen molar-refractivity contribution < 1.29 is 4.39 Å². The number of nitrogens with zero attached hydrogens (tertiary/aromatic N) is 2. The van der Waals surface area contributed by atoms with Gasteiger partial charge in [0.1, 0.15) is 5.82 Å². The molecule has 2 N–H and O–H groups in total. The van der Waals surface area contributed by atoms with E-state index in [4.69, 9.17) is 5.73 Å². The second-order valence-corrected chi connectivity index (χ2v) is 5.50. The van der Waals surface area contributed by atoms with Crippen LogP contribution in [0.3, 0.4) is 0 Å². The Morgan fingerprint density at radius 2 is 2.05 bits per heavy atom. The molecule has 1 aromatic heterocycles. The first kappa shape index (κ1) is 16.1. The van der Waals surface area contributed by atoms with E-state index in [1.165, 1.54) is 12.3 Å². The van der Waals surface area contributed by atoms with Gasteiger partial charge in [0.05, 0.1) is 17.9 Å². The highest BCUT2D eigenvalue weighted by Crippen LogP contribution is 2.21. The van der Waals surface area contributed by atoms with Gasteiger partial charge in [-0.3, -0.25) is 9.88 Å². The first-order valence-electron chi connectivity index (χ1n) is 7.03. The number of halogens is 1. The van der Waals surface area contributed by atoms with Crippen LogP contribution < -0.4 is 5.73 Å². The first-order chi connectivity index (χ1) is 8.95. The summed E-state index contributed by atoms with van der Waals surface area (Å²) in [5.74, 6) is 0.209. The van der Waals surface area contributed by atoms with Crippen molar-refractivity contribution in [2.75, 3.05) is 13.6 Å². The van der Waals surface area contributed by atoms with Crippen molar-refractivity contribution >= 4 is 0 Å². The van der Waals surface area contributed by atoms with Gasteiger partial charge in [0, 0.05) is 6.04 Å². The molecule has 19 heavy (non-hydrogen) atoms. The molecule has 0 spiro atoms. The number of aromatic nitrogens is 1. The summed E-state index contributed by atoms with van der Waals surface area (Å²) in [5.41, 5.74) is 6.99. The smallest absolute Gasteiger partial charge is 0.141 e. The fourth-order valence-electron chi connectivity index (χ4n) is 2.17. The Balaban J connectivity index is 2.61. The molecule has 0 saturated carbocycles. The molecule has 0 aliphatic carbocycles. The fourth-order valence-corrected chi connectivity index (χ4v) is 2.17. The summed E-state index contributed by atoms with van der Waals surface area (Å²) in [4.78, 5) is 6.44. The Morgan fingerprint density at radius 1 is 1.37 bits per heavy atom. The van der Waals surface area contributed by atoms with Crippen LogP contribution in [0.15, 0.2) is 18.3 Å². The largest absolute Gasteiger partial charge is 0.327 e. The van der Waals surface area contributed by atoms with Gasteiger partial charge in [-0.2, -0.15) is 0 Å². The van der Waals surface area contributed by atoms with Gasteiger partial charge in [-0.05, 0) is 44.5 Å². The highest BCUT2D eigenvalue weighted by molar-refractivity contribution is 5.09. The van der Waals surface area contributed by atoms with Gasteiger partial charge in [-0.1, -0.05) is 20.8 Å². The van der Waals surface area contributed by atoms with E-state index in [1.807, 2.05) is 0 Å². The van der Waals surface area contributed by atoms with E-state index in [-0.39, 0.29) is 17.9 Å². The van der Waals surface area contributed by atoms with Crippen LogP contribution in [0.2, 0.25) is 0 Å². The minimum absolute atomic E-state index is 0.222. The van der Waals surface area contributed by atoms with Crippen molar-refractivity contribution in [2.45, 2.75) is 45.7 Å². The van der Waals surface area contributed by atoms with E-state index >= 15 is 0 Å². The van der Waals surface area contributed by atoms with Crippen LogP contribution in [0, 0.1) is 11.7 Å². The van der Waals surface area contributed by atoms with Crippen molar-refractivity contribution in [1.29, 1.82) is 0 Å². The molecule has 2 atom stereocenters. The second kappa shape index (κ2) is 7.56. The van der Waals surface area contributed by atoms with Gasteiger partial charge >= 0.3 is 0 Å². The van der Waals surface area contributed by atoms with Crippen LogP contribution in [0.1, 0.15) is 45.3 Å². The normalized spacial score (nSPS) is 14.9. The average Bonchev–Trinajstić information content (AvgIpc) is 2.38. The van der Waals surface area contributed by atoms with Gasteiger partial charge in [0.25, 0.3) is 0 Å².